The van der Waals surface area contributed by atoms with Gasteiger partial charge in [0.25, 0.3) is 11.8 Å². The quantitative estimate of drug-likeness (QED) is 0.228. The van der Waals surface area contributed by atoms with Crippen molar-refractivity contribution in [1.82, 2.24) is 10.3 Å². The van der Waals surface area contributed by atoms with Gasteiger partial charge in [0.1, 0.15) is 15.8 Å². The first-order chi connectivity index (χ1) is 18.0. The fourth-order valence-electron chi connectivity index (χ4n) is 3.39. The molecule has 38 heavy (non-hydrogen) atoms. The lowest BCUT2D eigenvalue weighted by atomic mass is 10.1. The third-order valence-corrected chi connectivity index (χ3v) is 6.51. The van der Waals surface area contributed by atoms with Crippen LogP contribution < -0.4 is 10.6 Å². The van der Waals surface area contributed by atoms with Crippen molar-refractivity contribution in [2.45, 2.75) is 12.7 Å². The van der Waals surface area contributed by atoms with Gasteiger partial charge < -0.3 is 15.7 Å². The van der Waals surface area contributed by atoms with Gasteiger partial charge in [0, 0.05) is 17.7 Å². The van der Waals surface area contributed by atoms with Gasteiger partial charge >= 0.3 is 6.18 Å². The smallest absolute Gasteiger partial charge is 0.416 e. The lowest BCUT2D eigenvalue weighted by Crippen LogP contribution is -2.26. The predicted octanol–water partition coefficient (Wildman–Crippen LogP) is 6.65. The van der Waals surface area contributed by atoms with Crippen molar-refractivity contribution < 1.29 is 36.6 Å². The number of thiazole rings is 1. The van der Waals surface area contributed by atoms with Crippen LogP contribution in [0.5, 0.6) is 5.75 Å². The molecule has 4 rings (SSSR count). The first kappa shape index (κ1) is 27.0. The number of benzene rings is 3. The molecule has 0 unspecified atom stereocenters. The van der Waals surface area contributed by atoms with Gasteiger partial charge in [-0.2, -0.15) is 13.2 Å². The number of hydrogen-bond donors (Lipinski definition) is 3. The molecule has 6 nitrogen and oxygen atoms in total. The minimum atomic E-state index is -4.65. The molecule has 0 saturated heterocycles. The second-order valence-corrected chi connectivity index (χ2v) is 9.16. The molecule has 0 saturated carbocycles. The number of carbonyl (C=O) groups excluding carboxylic acids is 2. The highest BCUT2D eigenvalue weighted by Gasteiger charge is 2.33. The topological polar surface area (TPSA) is 91.3 Å². The van der Waals surface area contributed by atoms with Crippen LogP contribution in [0.3, 0.4) is 0 Å². The molecule has 4 aromatic rings. The fourth-order valence-corrected chi connectivity index (χ4v) is 4.58. The number of aromatic nitrogens is 1. The number of nitrogens with one attached hydrogen (secondary N) is 2. The van der Waals surface area contributed by atoms with Crippen LogP contribution in [0.25, 0.3) is 10.6 Å². The molecule has 0 aliphatic rings. The van der Waals surface area contributed by atoms with Crippen molar-refractivity contribution in [2.24, 2.45) is 0 Å². The lowest BCUT2D eigenvalue weighted by molar-refractivity contribution is -0.138. The highest BCUT2D eigenvalue weighted by molar-refractivity contribution is 7.19. The zero-order chi connectivity index (χ0) is 27.6. The Morgan fingerprint density at radius 3 is 2.34 bits per heavy atom. The van der Waals surface area contributed by atoms with Crippen molar-refractivity contribution in [3.05, 3.63) is 99.7 Å². The van der Waals surface area contributed by atoms with Crippen molar-refractivity contribution in [3.63, 3.8) is 0 Å². The van der Waals surface area contributed by atoms with Crippen molar-refractivity contribution in [2.75, 3.05) is 5.32 Å². The molecule has 1 heterocycles. The second kappa shape index (κ2) is 10.8. The van der Waals surface area contributed by atoms with E-state index in [0.29, 0.717) is 6.07 Å². The molecule has 0 spiro atoms. The first-order valence-corrected chi connectivity index (χ1v) is 11.8. The first-order valence-electron chi connectivity index (χ1n) is 10.6. The summed E-state index contributed by atoms with van der Waals surface area (Å²) in [5.74, 6) is -4.59. The number of hydrogen-bond acceptors (Lipinski definition) is 5. The SMILES string of the molecule is O=C(Nc1sc(-c2ccccc2F)nc1C(=O)NCc1ccccc1C(F)(F)F)c1cc(F)c(O)c(Cl)c1. The van der Waals surface area contributed by atoms with Crippen molar-refractivity contribution in [3.8, 4) is 16.3 Å². The molecule has 0 radical (unpaired) electrons. The summed E-state index contributed by atoms with van der Waals surface area (Å²) in [6, 6.07) is 11.8. The van der Waals surface area contributed by atoms with E-state index in [1.165, 1.54) is 36.4 Å². The molecule has 0 fully saturated rings. The number of aromatic hydroxyl groups is 1. The summed E-state index contributed by atoms with van der Waals surface area (Å²) in [6.07, 6.45) is -4.65. The average Bonchev–Trinajstić information content (AvgIpc) is 3.28. The summed E-state index contributed by atoms with van der Waals surface area (Å²) in [7, 11) is 0. The molecule has 13 heteroatoms. The molecular formula is C25H15ClF5N3O3S. The van der Waals surface area contributed by atoms with Crippen LogP contribution in [0.15, 0.2) is 60.7 Å². The van der Waals surface area contributed by atoms with E-state index >= 15 is 0 Å². The largest absolute Gasteiger partial charge is 0.504 e. The van der Waals surface area contributed by atoms with Crippen LogP contribution in [0.4, 0.5) is 27.0 Å². The lowest BCUT2D eigenvalue weighted by Gasteiger charge is -2.13. The minimum absolute atomic E-state index is 0.00541. The number of nitrogens with zero attached hydrogens (tertiary/aromatic N) is 1. The van der Waals surface area contributed by atoms with E-state index in [1.54, 1.807) is 0 Å². The molecule has 0 bridgehead atoms. The Morgan fingerprint density at radius 1 is 0.974 bits per heavy atom. The highest BCUT2D eigenvalue weighted by Crippen LogP contribution is 2.35. The molecule has 3 aromatic carbocycles. The van der Waals surface area contributed by atoms with Gasteiger partial charge in [0.2, 0.25) is 0 Å². The molecule has 196 valence electrons. The Hall–Kier alpha value is -4.03. The number of halogens is 6. The maximum absolute atomic E-state index is 14.4. The van der Waals surface area contributed by atoms with E-state index in [4.69, 9.17) is 11.6 Å². The van der Waals surface area contributed by atoms with E-state index in [1.807, 2.05) is 0 Å². The predicted molar refractivity (Wildman–Crippen MR) is 131 cm³/mol. The Balaban J connectivity index is 1.67. The van der Waals surface area contributed by atoms with E-state index in [2.05, 4.69) is 15.6 Å². The van der Waals surface area contributed by atoms with Gasteiger partial charge in [-0.3, -0.25) is 9.59 Å². The number of phenolic OH excluding ortho intramolecular Hbond substituents is 1. The monoisotopic (exact) mass is 567 g/mol. The van der Waals surface area contributed by atoms with Gasteiger partial charge in [-0.05, 0) is 35.9 Å². The molecule has 1 aromatic heterocycles. The van der Waals surface area contributed by atoms with Crippen LogP contribution in [0, 0.1) is 11.6 Å². The summed E-state index contributed by atoms with van der Waals surface area (Å²) in [5.41, 5.74) is -1.86. The number of phenols is 1. The standard InChI is InChI=1S/C25H15ClF5N3O3S/c26-16-9-13(10-18(28)20(16)35)21(36)34-24-19(33-23(38-24)14-6-2-4-8-17(14)27)22(37)32-11-12-5-1-3-7-15(12)25(29,30)31/h1-10,35H,11H2,(H,32,37)(H,34,36). The second-order valence-electron chi connectivity index (χ2n) is 7.76. The van der Waals surface area contributed by atoms with Gasteiger partial charge in [-0.25, -0.2) is 13.8 Å². The van der Waals surface area contributed by atoms with Crippen LogP contribution in [0.1, 0.15) is 32.0 Å². The third-order valence-electron chi connectivity index (χ3n) is 5.21. The Kier molecular flexibility index (Phi) is 7.65. The summed E-state index contributed by atoms with van der Waals surface area (Å²) in [4.78, 5) is 29.9. The summed E-state index contributed by atoms with van der Waals surface area (Å²) >= 11 is 6.45. The third kappa shape index (κ3) is 5.76. The molecule has 0 aliphatic heterocycles. The zero-order valence-corrected chi connectivity index (χ0v) is 20.4. The number of amides is 2. The summed E-state index contributed by atoms with van der Waals surface area (Å²) in [6.45, 7) is -0.521. The average molecular weight is 568 g/mol. The fraction of sp³-hybridized carbons (Fsp3) is 0.0800. The van der Waals surface area contributed by atoms with E-state index in [9.17, 15) is 36.6 Å². The molecule has 0 atom stereocenters. The van der Waals surface area contributed by atoms with Crippen LogP contribution >= 0.6 is 22.9 Å². The number of carbonyl (C=O) groups is 2. The summed E-state index contributed by atoms with van der Waals surface area (Å²) < 4.78 is 68.2. The maximum atomic E-state index is 14.4. The number of alkyl halides is 3. The molecule has 2 amide bonds. The van der Waals surface area contributed by atoms with Crippen molar-refractivity contribution in [1.29, 1.82) is 0 Å². The van der Waals surface area contributed by atoms with Gasteiger partial charge in [0.05, 0.1) is 10.6 Å². The number of anilines is 1. The normalized spacial score (nSPS) is 11.3. The number of rotatable bonds is 6. The van der Waals surface area contributed by atoms with Crippen LogP contribution in [-0.4, -0.2) is 21.9 Å². The zero-order valence-electron chi connectivity index (χ0n) is 18.9. The van der Waals surface area contributed by atoms with Crippen LogP contribution in [0.2, 0.25) is 5.02 Å². The molecule has 0 aliphatic carbocycles. The maximum Gasteiger partial charge on any atom is 0.416 e. The summed E-state index contributed by atoms with van der Waals surface area (Å²) in [5, 5.41) is 13.6. The van der Waals surface area contributed by atoms with E-state index in [0.717, 1.165) is 29.5 Å². The van der Waals surface area contributed by atoms with E-state index in [-0.39, 0.29) is 26.7 Å². The molecule has 3 N–H and O–H groups in total. The Bertz CT molecular complexity index is 1520. The highest BCUT2D eigenvalue weighted by atomic mass is 35.5. The molecular weight excluding hydrogens is 553 g/mol. The van der Waals surface area contributed by atoms with Gasteiger partial charge in [0.15, 0.2) is 17.3 Å². The minimum Gasteiger partial charge on any atom is -0.504 e. The Labute approximate surface area is 220 Å². The Morgan fingerprint density at radius 2 is 1.66 bits per heavy atom. The van der Waals surface area contributed by atoms with E-state index < -0.39 is 58.2 Å². The van der Waals surface area contributed by atoms with Crippen LogP contribution in [-0.2, 0) is 12.7 Å². The van der Waals surface area contributed by atoms with Gasteiger partial charge in [-0.15, -0.1) is 0 Å². The van der Waals surface area contributed by atoms with Gasteiger partial charge in [-0.1, -0.05) is 53.3 Å². The van der Waals surface area contributed by atoms with Crippen molar-refractivity contribution >= 4 is 39.8 Å².